The van der Waals surface area contributed by atoms with Gasteiger partial charge in [-0.05, 0) is 35.2 Å². The molecule has 0 aromatic heterocycles. The topological polar surface area (TPSA) is 80.5 Å². The molecule has 0 bridgehead atoms. The van der Waals surface area contributed by atoms with Gasteiger partial charge in [-0.15, -0.1) is 0 Å². The number of nitrogens with zero attached hydrogens (tertiary/aromatic N) is 1. The molecule has 6 heteroatoms. The van der Waals surface area contributed by atoms with Crippen LogP contribution in [0.1, 0.15) is 25.3 Å². The van der Waals surface area contributed by atoms with Gasteiger partial charge in [-0.3, -0.25) is 4.79 Å². The van der Waals surface area contributed by atoms with Gasteiger partial charge in [0.25, 0.3) is 0 Å². The number of benzene rings is 2. The van der Waals surface area contributed by atoms with Gasteiger partial charge in [-0.25, -0.2) is 13.6 Å². The van der Waals surface area contributed by atoms with Gasteiger partial charge in [0.05, 0.1) is 10.8 Å². The molecule has 1 aliphatic carbocycles. The lowest BCUT2D eigenvalue weighted by Gasteiger charge is -2.18. The van der Waals surface area contributed by atoms with Crippen molar-refractivity contribution in [3.05, 3.63) is 60.2 Å². The second kappa shape index (κ2) is 5.97. The normalized spacial score (nSPS) is 21.6. The number of rotatable bonds is 4. The minimum absolute atomic E-state index is 0.0562. The number of carbonyl (C=O) groups is 1. The highest BCUT2D eigenvalue weighted by Crippen LogP contribution is 2.65. The van der Waals surface area contributed by atoms with Gasteiger partial charge in [-0.2, -0.15) is 0 Å². The Hall–Kier alpha value is -2.18. The number of hydrogen-bond acceptors (Lipinski definition) is 3. The van der Waals surface area contributed by atoms with Crippen molar-refractivity contribution < 1.29 is 13.2 Å². The van der Waals surface area contributed by atoms with Crippen molar-refractivity contribution in [1.29, 1.82) is 0 Å². The van der Waals surface area contributed by atoms with E-state index in [0.717, 1.165) is 11.3 Å². The lowest BCUT2D eigenvalue weighted by atomic mass is 10.0. The number of sulfonamides is 1. The quantitative estimate of drug-likeness (QED) is 0.912. The Morgan fingerprint density at radius 3 is 2.12 bits per heavy atom. The van der Waals surface area contributed by atoms with Crippen LogP contribution in [0.4, 0.5) is 5.69 Å². The zero-order chi connectivity index (χ0) is 18.4. The van der Waals surface area contributed by atoms with E-state index in [4.69, 9.17) is 5.14 Å². The monoisotopic (exact) mass is 358 g/mol. The molecular formula is C19H22N2O3S. The maximum atomic E-state index is 12.9. The highest BCUT2D eigenvalue weighted by Gasteiger charge is 2.62. The van der Waals surface area contributed by atoms with E-state index in [9.17, 15) is 13.2 Å². The number of amides is 1. The number of nitrogens with two attached hydrogens (primary N) is 1. The SMILES string of the molecule is CN(C(=O)[C@@H]1[C@@H](c2ccc(S(N)(=O)=O)cc2)C1(C)C)c1ccccc1. The molecule has 2 N–H and O–H groups in total. The molecular weight excluding hydrogens is 336 g/mol. The Balaban J connectivity index is 1.83. The van der Waals surface area contributed by atoms with E-state index in [1.54, 1.807) is 24.1 Å². The molecule has 2 aromatic carbocycles. The van der Waals surface area contributed by atoms with Crippen LogP contribution in [0, 0.1) is 11.3 Å². The summed E-state index contributed by atoms with van der Waals surface area (Å²) in [6, 6.07) is 16.0. The molecule has 0 saturated heterocycles. The summed E-state index contributed by atoms with van der Waals surface area (Å²) in [5.41, 5.74) is 1.64. The molecule has 0 unspecified atom stereocenters. The molecule has 1 fully saturated rings. The second-order valence-corrected chi connectivity index (χ2v) is 8.68. The summed E-state index contributed by atoms with van der Waals surface area (Å²) in [7, 11) is -1.92. The van der Waals surface area contributed by atoms with Gasteiger partial charge in [-0.1, -0.05) is 44.2 Å². The average molecular weight is 358 g/mol. The molecule has 1 saturated carbocycles. The summed E-state index contributed by atoms with van der Waals surface area (Å²) in [6.07, 6.45) is 0. The van der Waals surface area contributed by atoms with Crippen LogP contribution in [-0.4, -0.2) is 21.4 Å². The van der Waals surface area contributed by atoms with Crippen molar-refractivity contribution in [3.63, 3.8) is 0 Å². The number of primary sulfonamides is 1. The number of hydrogen-bond donors (Lipinski definition) is 1. The van der Waals surface area contributed by atoms with E-state index in [2.05, 4.69) is 13.8 Å². The zero-order valence-electron chi connectivity index (χ0n) is 14.5. The summed E-state index contributed by atoms with van der Waals surface area (Å²) in [6.45, 7) is 4.12. The van der Waals surface area contributed by atoms with Crippen LogP contribution in [0.15, 0.2) is 59.5 Å². The Bertz CT molecular complexity index is 890. The first-order valence-electron chi connectivity index (χ1n) is 8.09. The van der Waals surface area contributed by atoms with Crippen LogP contribution in [0.25, 0.3) is 0 Å². The van der Waals surface area contributed by atoms with Gasteiger partial charge in [0, 0.05) is 18.7 Å². The molecule has 25 heavy (non-hydrogen) atoms. The van der Waals surface area contributed by atoms with Crippen LogP contribution in [0.5, 0.6) is 0 Å². The summed E-state index contributed by atoms with van der Waals surface area (Å²) in [5, 5.41) is 5.14. The molecule has 2 aromatic rings. The predicted molar refractivity (Wildman–Crippen MR) is 97.7 cm³/mol. The van der Waals surface area contributed by atoms with Gasteiger partial charge in [0.15, 0.2) is 0 Å². The summed E-state index contributed by atoms with van der Waals surface area (Å²) < 4.78 is 22.8. The highest BCUT2D eigenvalue weighted by atomic mass is 32.2. The minimum Gasteiger partial charge on any atom is -0.315 e. The van der Waals surface area contributed by atoms with E-state index in [1.165, 1.54) is 12.1 Å². The lowest BCUT2D eigenvalue weighted by Crippen LogP contribution is -2.29. The number of anilines is 1. The molecule has 5 nitrogen and oxygen atoms in total. The van der Waals surface area contributed by atoms with E-state index in [0.29, 0.717) is 0 Å². The van der Waals surface area contributed by atoms with Crippen molar-refractivity contribution in [3.8, 4) is 0 Å². The molecule has 3 rings (SSSR count). The zero-order valence-corrected chi connectivity index (χ0v) is 15.3. The van der Waals surface area contributed by atoms with Gasteiger partial charge >= 0.3 is 0 Å². The van der Waals surface area contributed by atoms with Crippen molar-refractivity contribution in [2.24, 2.45) is 16.5 Å². The highest BCUT2D eigenvalue weighted by molar-refractivity contribution is 7.89. The van der Waals surface area contributed by atoms with Crippen LogP contribution < -0.4 is 10.0 Å². The lowest BCUT2D eigenvalue weighted by molar-refractivity contribution is -0.120. The maximum Gasteiger partial charge on any atom is 0.238 e. The molecule has 0 spiro atoms. The van der Waals surface area contributed by atoms with Crippen LogP contribution in [0.2, 0.25) is 0 Å². The Labute approximate surface area is 148 Å². The van der Waals surface area contributed by atoms with E-state index < -0.39 is 10.0 Å². The van der Waals surface area contributed by atoms with E-state index >= 15 is 0 Å². The Morgan fingerprint density at radius 1 is 1.04 bits per heavy atom. The van der Waals surface area contributed by atoms with Crippen molar-refractivity contribution in [2.45, 2.75) is 24.7 Å². The van der Waals surface area contributed by atoms with Gasteiger partial charge in [0.2, 0.25) is 15.9 Å². The third-order valence-corrected chi connectivity index (χ3v) is 6.06. The molecule has 1 amide bonds. The van der Waals surface area contributed by atoms with E-state index in [-0.39, 0.29) is 28.1 Å². The molecule has 0 heterocycles. The van der Waals surface area contributed by atoms with Crippen LogP contribution in [0.3, 0.4) is 0 Å². The largest absolute Gasteiger partial charge is 0.315 e. The predicted octanol–water partition coefficient (Wildman–Crippen LogP) is 2.74. The fraction of sp³-hybridized carbons (Fsp3) is 0.316. The Kier molecular flexibility index (Phi) is 4.21. The van der Waals surface area contributed by atoms with Gasteiger partial charge in [0.1, 0.15) is 0 Å². The van der Waals surface area contributed by atoms with Crippen molar-refractivity contribution in [2.75, 3.05) is 11.9 Å². The second-order valence-electron chi connectivity index (χ2n) is 7.12. The third kappa shape index (κ3) is 3.19. The van der Waals surface area contributed by atoms with Crippen LogP contribution in [-0.2, 0) is 14.8 Å². The number of carbonyl (C=O) groups excluding carboxylic acids is 1. The smallest absolute Gasteiger partial charge is 0.238 e. The molecule has 2 atom stereocenters. The Morgan fingerprint density at radius 2 is 1.60 bits per heavy atom. The standard InChI is InChI=1S/C19H22N2O3S/c1-19(2)16(13-9-11-15(12-10-13)25(20,23)24)17(19)18(22)21(3)14-7-5-4-6-8-14/h4-12,16-17H,1-3H3,(H2,20,23,24)/t16-,17+/m1/s1. The first-order valence-corrected chi connectivity index (χ1v) is 9.64. The summed E-state index contributed by atoms with van der Waals surface area (Å²) in [5.74, 6) is -0.0181. The van der Waals surface area contributed by atoms with E-state index in [1.807, 2.05) is 30.3 Å². The first kappa shape index (κ1) is 17.6. The minimum atomic E-state index is -3.71. The summed E-state index contributed by atoms with van der Waals surface area (Å²) in [4.78, 5) is 14.7. The van der Waals surface area contributed by atoms with Gasteiger partial charge < -0.3 is 4.90 Å². The first-order chi connectivity index (χ1) is 11.6. The summed E-state index contributed by atoms with van der Waals surface area (Å²) >= 11 is 0. The number of para-hydroxylation sites is 1. The fourth-order valence-electron chi connectivity index (χ4n) is 3.57. The molecule has 132 valence electrons. The third-order valence-electron chi connectivity index (χ3n) is 5.14. The van der Waals surface area contributed by atoms with Crippen molar-refractivity contribution in [1.82, 2.24) is 0 Å². The molecule has 0 radical (unpaired) electrons. The molecule has 0 aliphatic heterocycles. The average Bonchev–Trinajstić information content (AvgIpc) is 3.15. The molecule has 1 aliphatic rings. The van der Waals surface area contributed by atoms with Crippen LogP contribution >= 0.6 is 0 Å². The fourth-order valence-corrected chi connectivity index (χ4v) is 4.09. The van der Waals surface area contributed by atoms with Crippen molar-refractivity contribution >= 4 is 21.6 Å². The maximum absolute atomic E-state index is 12.9.